The summed E-state index contributed by atoms with van der Waals surface area (Å²) < 4.78 is 38.5. The second-order valence-electron chi connectivity index (χ2n) is 6.06. The lowest BCUT2D eigenvalue weighted by molar-refractivity contribution is -0.384. The predicted octanol–water partition coefficient (Wildman–Crippen LogP) is 2.51. The van der Waals surface area contributed by atoms with Gasteiger partial charge in [0.15, 0.2) is 11.5 Å². The van der Waals surface area contributed by atoms with Crippen LogP contribution in [-0.4, -0.2) is 33.1 Å². The zero-order chi connectivity index (χ0) is 18.3. The summed E-state index contributed by atoms with van der Waals surface area (Å²) in [6.45, 7) is 1.04. The molecule has 2 heterocycles. The molecule has 136 valence electrons. The molecular formula is C17H16N2O6S. The molecule has 0 unspecified atom stereocenters. The number of ether oxygens (including phenoxy) is 2. The van der Waals surface area contributed by atoms with Gasteiger partial charge in [0, 0.05) is 24.7 Å². The van der Waals surface area contributed by atoms with Crippen molar-refractivity contribution in [3.63, 3.8) is 0 Å². The number of fused-ring (bicyclic) bond motifs is 2. The molecule has 2 aliphatic rings. The van der Waals surface area contributed by atoms with Crippen LogP contribution in [-0.2, 0) is 16.4 Å². The molecule has 8 nitrogen and oxygen atoms in total. The standard InChI is InChI=1S/C17H16N2O6S/c20-19(21)13-4-3-12-2-1-7-18(15(12)10-13)26(22,23)14-5-6-16-17(11-14)25-9-8-24-16/h3-6,10-11H,1-2,7-9H2. The topological polar surface area (TPSA) is 99.0 Å². The lowest BCUT2D eigenvalue weighted by Crippen LogP contribution is -2.35. The number of benzene rings is 2. The number of hydrogen-bond donors (Lipinski definition) is 0. The predicted molar refractivity (Wildman–Crippen MR) is 93.4 cm³/mol. The summed E-state index contributed by atoms with van der Waals surface area (Å²) in [5.41, 5.74) is 1.01. The van der Waals surface area contributed by atoms with E-state index in [0.717, 1.165) is 5.56 Å². The van der Waals surface area contributed by atoms with E-state index in [1.54, 1.807) is 12.1 Å². The van der Waals surface area contributed by atoms with Gasteiger partial charge in [-0.3, -0.25) is 14.4 Å². The second kappa shape index (κ2) is 6.17. The molecule has 26 heavy (non-hydrogen) atoms. The molecule has 9 heteroatoms. The quantitative estimate of drug-likeness (QED) is 0.603. The minimum absolute atomic E-state index is 0.0705. The number of hydrogen-bond acceptors (Lipinski definition) is 6. The van der Waals surface area contributed by atoms with Gasteiger partial charge >= 0.3 is 0 Å². The molecule has 0 aliphatic carbocycles. The smallest absolute Gasteiger partial charge is 0.271 e. The van der Waals surface area contributed by atoms with Crippen LogP contribution in [0.2, 0.25) is 0 Å². The van der Waals surface area contributed by atoms with Crippen LogP contribution in [0.4, 0.5) is 11.4 Å². The summed E-state index contributed by atoms with van der Waals surface area (Å²) in [4.78, 5) is 10.6. The van der Waals surface area contributed by atoms with Gasteiger partial charge in [-0.1, -0.05) is 6.07 Å². The van der Waals surface area contributed by atoms with E-state index in [1.807, 2.05) is 0 Å². The molecule has 2 aromatic carbocycles. The summed E-state index contributed by atoms with van der Waals surface area (Å²) in [7, 11) is -3.88. The van der Waals surface area contributed by atoms with Crippen LogP contribution in [0.25, 0.3) is 0 Å². The molecule has 0 N–H and O–H groups in total. The molecule has 4 rings (SSSR count). The Hall–Kier alpha value is -2.81. The Morgan fingerprint density at radius 1 is 1.04 bits per heavy atom. The summed E-state index contributed by atoms with van der Waals surface area (Å²) >= 11 is 0. The van der Waals surface area contributed by atoms with Gasteiger partial charge in [0.05, 0.1) is 15.5 Å². The highest BCUT2D eigenvalue weighted by molar-refractivity contribution is 7.92. The zero-order valence-electron chi connectivity index (χ0n) is 13.8. The van der Waals surface area contributed by atoms with Gasteiger partial charge in [0.1, 0.15) is 13.2 Å². The van der Waals surface area contributed by atoms with Gasteiger partial charge < -0.3 is 9.47 Å². The van der Waals surface area contributed by atoms with Crippen molar-refractivity contribution in [2.24, 2.45) is 0 Å². The molecule has 0 atom stereocenters. The largest absolute Gasteiger partial charge is 0.486 e. The van der Waals surface area contributed by atoms with Crippen molar-refractivity contribution in [2.75, 3.05) is 24.1 Å². The Morgan fingerprint density at radius 3 is 2.58 bits per heavy atom. The van der Waals surface area contributed by atoms with E-state index < -0.39 is 14.9 Å². The average Bonchev–Trinajstić information content (AvgIpc) is 2.66. The normalized spacial score (nSPS) is 16.1. The third kappa shape index (κ3) is 2.74. The number of non-ortho nitro benzene ring substituents is 1. The lowest BCUT2D eigenvalue weighted by atomic mass is 10.0. The van der Waals surface area contributed by atoms with Crippen molar-refractivity contribution < 1.29 is 22.8 Å². The van der Waals surface area contributed by atoms with E-state index >= 15 is 0 Å². The van der Waals surface area contributed by atoms with Crippen LogP contribution < -0.4 is 13.8 Å². The highest BCUT2D eigenvalue weighted by Gasteiger charge is 2.31. The molecule has 0 spiro atoms. The van der Waals surface area contributed by atoms with E-state index in [4.69, 9.17) is 9.47 Å². The summed E-state index contributed by atoms with van der Waals surface area (Å²) in [6.07, 6.45) is 1.33. The third-order valence-corrected chi connectivity index (χ3v) is 6.27. The molecule has 0 radical (unpaired) electrons. The molecular weight excluding hydrogens is 360 g/mol. The first kappa shape index (κ1) is 16.6. The fourth-order valence-corrected chi connectivity index (χ4v) is 4.75. The lowest BCUT2D eigenvalue weighted by Gasteiger charge is -2.30. The van der Waals surface area contributed by atoms with Crippen LogP contribution in [0.5, 0.6) is 11.5 Å². The van der Waals surface area contributed by atoms with Crippen molar-refractivity contribution in [3.8, 4) is 11.5 Å². The maximum atomic E-state index is 13.2. The van der Waals surface area contributed by atoms with Crippen molar-refractivity contribution in [3.05, 3.63) is 52.1 Å². The summed E-state index contributed by atoms with van der Waals surface area (Å²) in [6, 6.07) is 8.83. The van der Waals surface area contributed by atoms with Crippen LogP contribution in [0.15, 0.2) is 41.3 Å². The molecule has 0 saturated carbocycles. The molecule has 2 aromatic rings. The molecule has 0 fully saturated rings. The second-order valence-corrected chi connectivity index (χ2v) is 7.92. The van der Waals surface area contributed by atoms with E-state index in [1.165, 1.54) is 28.6 Å². The maximum Gasteiger partial charge on any atom is 0.271 e. The summed E-state index contributed by atoms with van der Waals surface area (Å²) in [5.74, 6) is 0.887. The highest BCUT2D eigenvalue weighted by Crippen LogP contribution is 2.37. The minimum Gasteiger partial charge on any atom is -0.486 e. The fourth-order valence-electron chi connectivity index (χ4n) is 3.20. The first-order valence-corrected chi connectivity index (χ1v) is 9.60. The number of sulfonamides is 1. The van der Waals surface area contributed by atoms with Gasteiger partial charge in [0.2, 0.25) is 0 Å². The van der Waals surface area contributed by atoms with Crippen LogP contribution in [0, 0.1) is 10.1 Å². The summed E-state index contributed by atoms with van der Waals surface area (Å²) in [5, 5.41) is 11.1. The Labute approximate surface area is 150 Å². The Morgan fingerprint density at radius 2 is 1.81 bits per heavy atom. The van der Waals surface area contributed by atoms with Crippen molar-refractivity contribution >= 4 is 21.4 Å². The number of aryl methyl sites for hydroxylation is 1. The van der Waals surface area contributed by atoms with Gasteiger partial charge in [-0.25, -0.2) is 8.42 Å². The third-order valence-electron chi connectivity index (χ3n) is 4.46. The van der Waals surface area contributed by atoms with E-state index in [2.05, 4.69) is 0 Å². The minimum atomic E-state index is -3.88. The van der Waals surface area contributed by atoms with Crippen molar-refractivity contribution in [1.29, 1.82) is 0 Å². The molecule has 0 amide bonds. The maximum absolute atomic E-state index is 13.2. The van der Waals surface area contributed by atoms with Crippen LogP contribution >= 0.6 is 0 Å². The average molecular weight is 376 g/mol. The first-order valence-electron chi connectivity index (χ1n) is 8.16. The zero-order valence-corrected chi connectivity index (χ0v) is 14.6. The molecule has 0 saturated heterocycles. The fraction of sp³-hybridized carbons (Fsp3) is 0.294. The van der Waals surface area contributed by atoms with Gasteiger partial charge in [0.25, 0.3) is 15.7 Å². The monoisotopic (exact) mass is 376 g/mol. The Kier molecular flexibility index (Phi) is 3.95. The Bertz CT molecular complexity index is 989. The van der Waals surface area contributed by atoms with Gasteiger partial charge in [-0.15, -0.1) is 0 Å². The molecule has 0 bridgehead atoms. The number of nitrogens with zero attached hydrogens (tertiary/aromatic N) is 2. The van der Waals surface area contributed by atoms with E-state index in [-0.39, 0.29) is 17.1 Å². The highest BCUT2D eigenvalue weighted by atomic mass is 32.2. The van der Waals surface area contributed by atoms with Crippen LogP contribution in [0.3, 0.4) is 0 Å². The molecule has 0 aromatic heterocycles. The number of anilines is 1. The van der Waals surface area contributed by atoms with Gasteiger partial charge in [-0.2, -0.15) is 0 Å². The number of rotatable bonds is 3. The number of nitro benzene ring substituents is 1. The number of nitro groups is 1. The van der Waals surface area contributed by atoms with E-state index in [0.29, 0.717) is 43.2 Å². The van der Waals surface area contributed by atoms with Crippen molar-refractivity contribution in [1.82, 2.24) is 0 Å². The van der Waals surface area contributed by atoms with Crippen LogP contribution in [0.1, 0.15) is 12.0 Å². The molecule has 2 aliphatic heterocycles. The van der Waals surface area contributed by atoms with E-state index in [9.17, 15) is 18.5 Å². The first-order chi connectivity index (χ1) is 12.5. The Balaban J connectivity index is 1.78. The SMILES string of the molecule is O=[N+]([O-])c1ccc2c(c1)N(S(=O)(=O)c1ccc3c(c1)OCCO3)CCC2. The van der Waals surface area contributed by atoms with Crippen molar-refractivity contribution in [2.45, 2.75) is 17.7 Å². The van der Waals surface area contributed by atoms with Gasteiger partial charge in [-0.05, 0) is 30.5 Å².